The Balaban J connectivity index is 4.52. The van der Waals surface area contributed by atoms with E-state index in [1.165, 1.54) is 0 Å². The number of thiol groups is 1. The quantitative estimate of drug-likeness (QED) is 0.0534. The lowest BCUT2D eigenvalue weighted by molar-refractivity contribution is -0.143. The molecule has 0 bridgehead atoms. The topological polar surface area (TPSA) is 258 Å². The number of aliphatic imine (C=N–C) groups is 1. The van der Waals surface area contributed by atoms with Gasteiger partial charge in [0.15, 0.2) is 5.96 Å². The summed E-state index contributed by atoms with van der Waals surface area (Å²) >= 11 is 3.93. The molecule has 0 heterocycles. The molecule has 0 saturated carbocycles. The van der Waals surface area contributed by atoms with Crippen LogP contribution in [0.25, 0.3) is 0 Å². The maximum Gasteiger partial charge on any atom is 0.326 e. The van der Waals surface area contributed by atoms with Crippen LogP contribution in [0, 0.1) is 0 Å². The Morgan fingerprint density at radius 2 is 1.63 bits per heavy atom. The van der Waals surface area contributed by atoms with Crippen molar-refractivity contribution in [3.63, 3.8) is 0 Å². The maximum absolute atomic E-state index is 12.1. The summed E-state index contributed by atoms with van der Waals surface area (Å²) in [6, 6.07) is -3.65. The first-order chi connectivity index (χ1) is 14.0. The van der Waals surface area contributed by atoms with Crippen molar-refractivity contribution in [2.45, 2.75) is 37.4 Å². The van der Waals surface area contributed by atoms with Gasteiger partial charge in [-0.3, -0.25) is 24.2 Å². The summed E-state index contributed by atoms with van der Waals surface area (Å²) < 4.78 is 0. The third-order valence-corrected chi connectivity index (χ3v) is 3.95. The molecule has 0 aromatic heterocycles. The van der Waals surface area contributed by atoms with Crippen LogP contribution in [0.2, 0.25) is 0 Å². The Kier molecular flexibility index (Phi) is 12.6. The van der Waals surface area contributed by atoms with Crippen LogP contribution in [-0.4, -0.2) is 77.6 Å². The molecule has 3 atom stereocenters. The lowest BCUT2D eigenvalue weighted by Gasteiger charge is -2.20. The first-order valence-electron chi connectivity index (χ1n) is 8.78. The third kappa shape index (κ3) is 11.7. The highest BCUT2D eigenvalue weighted by Gasteiger charge is 2.27. The molecular formula is C15H28N8O6S. The molecule has 30 heavy (non-hydrogen) atoms. The Bertz CT molecular complexity index is 670. The first-order valence-corrected chi connectivity index (χ1v) is 9.41. The Morgan fingerprint density at radius 1 is 1.00 bits per heavy atom. The standard InChI is InChI=1S/C15H28N8O6S/c16-7(2-1-3-20-15(18)19)12(26)21-5-11(25)22-9(6-30)13(27)23-8(14(28)29)4-10(17)24/h7-9,30H,1-6,16H2,(H2,17,24)(H,21,26)(H,22,25)(H,23,27)(H,28,29)(H4,18,19,20). The summed E-state index contributed by atoms with van der Waals surface area (Å²) in [4.78, 5) is 61.7. The van der Waals surface area contributed by atoms with Crippen LogP contribution in [0.15, 0.2) is 4.99 Å². The van der Waals surface area contributed by atoms with Crippen LogP contribution in [-0.2, 0) is 24.0 Å². The lowest BCUT2D eigenvalue weighted by atomic mass is 10.1. The van der Waals surface area contributed by atoms with E-state index in [-0.39, 0.29) is 18.1 Å². The molecule has 0 fully saturated rings. The van der Waals surface area contributed by atoms with Gasteiger partial charge in [0.25, 0.3) is 0 Å². The van der Waals surface area contributed by atoms with E-state index in [9.17, 15) is 24.0 Å². The van der Waals surface area contributed by atoms with Crippen molar-refractivity contribution in [2.75, 3.05) is 18.8 Å². The van der Waals surface area contributed by atoms with E-state index in [0.717, 1.165) is 0 Å². The molecule has 0 aliphatic rings. The zero-order valence-corrected chi connectivity index (χ0v) is 17.1. The molecule has 0 rings (SSSR count). The number of hydrogen-bond acceptors (Lipinski definition) is 8. The van der Waals surface area contributed by atoms with Gasteiger partial charge >= 0.3 is 5.97 Å². The number of aliphatic carboxylic acids is 1. The molecule has 170 valence electrons. The number of primary amides is 1. The normalized spacial score (nSPS) is 13.3. The van der Waals surface area contributed by atoms with Crippen molar-refractivity contribution in [3.05, 3.63) is 0 Å². The van der Waals surface area contributed by atoms with Gasteiger partial charge in [-0.15, -0.1) is 0 Å². The van der Waals surface area contributed by atoms with Gasteiger partial charge in [0, 0.05) is 12.3 Å². The van der Waals surface area contributed by atoms with E-state index >= 15 is 0 Å². The minimum absolute atomic E-state index is 0.0724. The molecule has 15 heteroatoms. The highest BCUT2D eigenvalue weighted by molar-refractivity contribution is 7.80. The molecule has 0 saturated heterocycles. The van der Waals surface area contributed by atoms with Gasteiger partial charge < -0.3 is 44.0 Å². The molecule has 0 aliphatic carbocycles. The van der Waals surface area contributed by atoms with Gasteiger partial charge in [-0.2, -0.15) is 12.6 Å². The fraction of sp³-hybridized carbons (Fsp3) is 0.600. The fourth-order valence-corrected chi connectivity index (χ4v) is 2.32. The molecule has 0 aromatic carbocycles. The fourth-order valence-electron chi connectivity index (χ4n) is 2.06. The van der Waals surface area contributed by atoms with E-state index in [1.807, 2.05) is 0 Å². The second-order valence-corrected chi connectivity index (χ2v) is 6.51. The Morgan fingerprint density at radius 3 is 2.13 bits per heavy atom. The zero-order chi connectivity index (χ0) is 23.3. The van der Waals surface area contributed by atoms with Gasteiger partial charge in [-0.25, -0.2) is 4.79 Å². The predicted octanol–water partition coefficient (Wildman–Crippen LogP) is -4.66. The highest BCUT2D eigenvalue weighted by Crippen LogP contribution is 1.97. The SMILES string of the molecule is NC(=O)CC(NC(=O)C(CS)NC(=O)CNC(=O)C(N)CCCN=C(N)N)C(=O)O. The number of guanidine groups is 1. The number of carbonyl (C=O) groups is 5. The number of carboxylic acid groups (broad SMARTS) is 1. The zero-order valence-electron chi connectivity index (χ0n) is 16.2. The largest absolute Gasteiger partial charge is 0.480 e. The number of rotatable bonds is 14. The number of nitrogens with two attached hydrogens (primary N) is 4. The minimum Gasteiger partial charge on any atom is -0.480 e. The van der Waals surface area contributed by atoms with E-state index in [1.54, 1.807) is 0 Å². The van der Waals surface area contributed by atoms with Gasteiger partial charge in [0.05, 0.1) is 19.0 Å². The van der Waals surface area contributed by atoms with Crippen LogP contribution in [0.3, 0.4) is 0 Å². The average Bonchev–Trinajstić information content (AvgIpc) is 2.65. The smallest absolute Gasteiger partial charge is 0.326 e. The van der Waals surface area contributed by atoms with E-state index in [2.05, 4.69) is 33.6 Å². The van der Waals surface area contributed by atoms with Crippen molar-refractivity contribution in [3.8, 4) is 0 Å². The van der Waals surface area contributed by atoms with Gasteiger partial charge in [-0.1, -0.05) is 0 Å². The summed E-state index contributed by atoms with van der Waals surface area (Å²) in [5.74, 6) is -4.83. The van der Waals surface area contributed by atoms with E-state index in [4.69, 9.17) is 28.0 Å². The molecule has 3 unspecified atom stereocenters. The minimum atomic E-state index is -1.55. The number of nitrogens with one attached hydrogen (secondary N) is 3. The summed E-state index contributed by atoms with van der Waals surface area (Å²) in [6.07, 6.45) is 0.115. The molecule has 14 nitrogen and oxygen atoms in total. The predicted molar refractivity (Wildman–Crippen MR) is 110 cm³/mol. The number of hydrogen-bond donors (Lipinski definition) is 9. The van der Waals surface area contributed by atoms with Crippen molar-refractivity contribution in [2.24, 2.45) is 27.9 Å². The van der Waals surface area contributed by atoms with Crippen molar-refractivity contribution in [1.29, 1.82) is 0 Å². The third-order valence-electron chi connectivity index (χ3n) is 3.58. The van der Waals surface area contributed by atoms with Crippen LogP contribution in [0.5, 0.6) is 0 Å². The van der Waals surface area contributed by atoms with Gasteiger partial charge in [-0.05, 0) is 12.8 Å². The number of nitrogens with zero attached hydrogens (tertiary/aromatic N) is 1. The molecule has 12 N–H and O–H groups in total. The highest BCUT2D eigenvalue weighted by atomic mass is 32.1. The molecule has 0 spiro atoms. The summed E-state index contributed by atoms with van der Waals surface area (Å²) in [6.45, 7) is -0.169. The molecule has 0 aliphatic heterocycles. The number of amides is 4. The molecule has 0 aromatic rings. The van der Waals surface area contributed by atoms with Crippen LogP contribution in [0.4, 0.5) is 0 Å². The summed E-state index contributed by atoms with van der Waals surface area (Å²) in [5.41, 5.74) is 21.0. The van der Waals surface area contributed by atoms with Crippen molar-refractivity contribution in [1.82, 2.24) is 16.0 Å². The van der Waals surface area contributed by atoms with Crippen LogP contribution >= 0.6 is 12.6 Å². The second-order valence-electron chi connectivity index (χ2n) is 6.15. The van der Waals surface area contributed by atoms with Gasteiger partial charge in [0.1, 0.15) is 12.1 Å². The maximum atomic E-state index is 12.1. The number of carboxylic acids is 1. The first kappa shape index (κ1) is 26.9. The van der Waals surface area contributed by atoms with Crippen molar-refractivity contribution >= 4 is 48.2 Å². The average molecular weight is 449 g/mol. The monoisotopic (exact) mass is 448 g/mol. The van der Waals surface area contributed by atoms with Crippen molar-refractivity contribution < 1.29 is 29.1 Å². The van der Waals surface area contributed by atoms with Crippen LogP contribution < -0.4 is 38.9 Å². The van der Waals surface area contributed by atoms with E-state index < -0.39 is 60.7 Å². The Labute approximate surface area is 178 Å². The van der Waals surface area contributed by atoms with E-state index in [0.29, 0.717) is 13.0 Å². The second kappa shape index (κ2) is 14.0. The Hall–Kier alpha value is -3.07. The summed E-state index contributed by atoms with van der Waals surface area (Å²) in [7, 11) is 0. The molecule has 0 radical (unpaired) electrons. The molecular weight excluding hydrogens is 420 g/mol. The van der Waals surface area contributed by atoms with Crippen LogP contribution in [0.1, 0.15) is 19.3 Å². The van der Waals surface area contributed by atoms with Gasteiger partial charge in [0.2, 0.25) is 23.6 Å². The summed E-state index contributed by atoms with van der Waals surface area (Å²) in [5, 5.41) is 15.7. The lowest BCUT2D eigenvalue weighted by Crippen LogP contribution is -2.55. The molecule has 4 amide bonds. The number of carbonyl (C=O) groups excluding carboxylic acids is 4.